The first-order chi connectivity index (χ1) is 9.19. The van der Waals surface area contributed by atoms with Crippen LogP contribution in [0.2, 0.25) is 0 Å². The first-order valence-electron chi connectivity index (χ1n) is 6.88. The van der Waals surface area contributed by atoms with Gasteiger partial charge in [0.2, 0.25) is 0 Å². The van der Waals surface area contributed by atoms with Gasteiger partial charge in [0.15, 0.2) is 5.17 Å². The van der Waals surface area contributed by atoms with Gasteiger partial charge in [0.25, 0.3) is 0 Å². The van der Waals surface area contributed by atoms with Gasteiger partial charge >= 0.3 is 0 Å². The standard InChI is InChI=1S/C15H19FN2S/c1-11-5-4-6-12(16)13(11)18-14-17-9-15(10-19-14)7-2-3-8-15/h4-6H,2-3,7-10H2,1H3,(H,17,18). The quantitative estimate of drug-likeness (QED) is 0.832. The number of aryl methyl sites for hydroxylation is 1. The minimum atomic E-state index is -0.204. The number of rotatable bonds is 1. The highest BCUT2D eigenvalue weighted by atomic mass is 32.2. The van der Waals surface area contributed by atoms with Crippen molar-refractivity contribution >= 4 is 22.6 Å². The smallest absolute Gasteiger partial charge is 0.161 e. The zero-order chi connectivity index (χ0) is 13.3. The molecule has 19 heavy (non-hydrogen) atoms. The fourth-order valence-corrected chi connectivity index (χ4v) is 4.11. The summed E-state index contributed by atoms with van der Waals surface area (Å²) in [5, 5.41) is 4.03. The average Bonchev–Trinajstić information content (AvgIpc) is 2.85. The summed E-state index contributed by atoms with van der Waals surface area (Å²) in [4.78, 5) is 4.64. The SMILES string of the molecule is Cc1cccc(F)c1NC1=NCC2(CCCC2)CS1. The minimum absolute atomic E-state index is 0.204. The number of benzene rings is 1. The molecule has 1 aliphatic carbocycles. The lowest BCUT2D eigenvalue weighted by atomic mass is 9.89. The third-order valence-corrected chi connectivity index (χ3v) is 5.45. The van der Waals surface area contributed by atoms with Crippen LogP contribution < -0.4 is 5.32 Å². The van der Waals surface area contributed by atoms with Crippen molar-refractivity contribution in [1.29, 1.82) is 0 Å². The highest BCUT2D eigenvalue weighted by Gasteiger charge is 2.36. The third-order valence-electron chi connectivity index (χ3n) is 4.19. The van der Waals surface area contributed by atoms with E-state index >= 15 is 0 Å². The maximum Gasteiger partial charge on any atom is 0.161 e. The van der Waals surface area contributed by atoms with Gasteiger partial charge in [-0.3, -0.25) is 4.99 Å². The van der Waals surface area contributed by atoms with Crippen LogP contribution in [-0.4, -0.2) is 17.5 Å². The van der Waals surface area contributed by atoms with Crippen molar-refractivity contribution in [3.05, 3.63) is 29.6 Å². The highest BCUT2D eigenvalue weighted by molar-refractivity contribution is 8.14. The Labute approximate surface area is 117 Å². The zero-order valence-corrected chi connectivity index (χ0v) is 12.0. The van der Waals surface area contributed by atoms with Crippen LogP contribution in [0.15, 0.2) is 23.2 Å². The van der Waals surface area contributed by atoms with Gasteiger partial charge in [-0.25, -0.2) is 4.39 Å². The van der Waals surface area contributed by atoms with Gasteiger partial charge in [0.05, 0.1) is 5.69 Å². The van der Waals surface area contributed by atoms with Crippen LogP contribution >= 0.6 is 11.8 Å². The molecule has 1 saturated carbocycles. The van der Waals surface area contributed by atoms with Crippen molar-refractivity contribution in [3.8, 4) is 0 Å². The topological polar surface area (TPSA) is 24.4 Å². The summed E-state index contributed by atoms with van der Waals surface area (Å²) in [6, 6.07) is 5.14. The maximum absolute atomic E-state index is 13.8. The molecule has 0 saturated heterocycles. The lowest BCUT2D eigenvalue weighted by molar-refractivity contribution is 0.359. The van der Waals surface area contributed by atoms with E-state index in [4.69, 9.17) is 0 Å². The molecule has 1 aromatic carbocycles. The Bertz CT molecular complexity index is 487. The van der Waals surface area contributed by atoms with E-state index in [9.17, 15) is 4.39 Å². The van der Waals surface area contributed by atoms with Crippen LogP contribution in [0.4, 0.5) is 10.1 Å². The molecule has 1 heterocycles. The summed E-state index contributed by atoms with van der Waals surface area (Å²) >= 11 is 1.74. The maximum atomic E-state index is 13.8. The van der Waals surface area contributed by atoms with E-state index in [1.165, 1.54) is 31.7 Å². The number of para-hydroxylation sites is 1. The molecular formula is C15H19FN2S. The van der Waals surface area contributed by atoms with E-state index in [-0.39, 0.29) is 5.82 Å². The number of hydrogen-bond acceptors (Lipinski definition) is 3. The number of thioether (sulfide) groups is 1. The Balaban J connectivity index is 1.73. The molecule has 2 aliphatic rings. The summed E-state index contributed by atoms with van der Waals surface area (Å²) in [5.74, 6) is 0.913. The zero-order valence-electron chi connectivity index (χ0n) is 11.2. The van der Waals surface area contributed by atoms with Crippen molar-refractivity contribution in [2.45, 2.75) is 32.6 Å². The van der Waals surface area contributed by atoms with E-state index in [1.54, 1.807) is 17.8 Å². The molecule has 0 unspecified atom stereocenters. The lowest BCUT2D eigenvalue weighted by Crippen LogP contribution is -2.30. The fraction of sp³-hybridized carbons (Fsp3) is 0.533. The average molecular weight is 278 g/mol. The van der Waals surface area contributed by atoms with Crippen LogP contribution in [-0.2, 0) is 0 Å². The second-order valence-electron chi connectivity index (χ2n) is 5.67. The van der Waals surface area contributed by atoms with Gasteiger partial charge < -0.3 is 5.32 Å². The number of aliphatic imine (C=N–C) groups is 1. The number of nitrogens with zero attached hydrogens (tertiary/aromatic N) is 1. The molecule has 0 amide bonds. The molecular weight excluding hydrogens is 259 g/mol. The molecule has 1 spiro atoms. The van der Waals surface area contributed by atoms with Gasteiger partial charge in [-0.2, -0.15) is 0 Å². The first-order valence-corrected chi connectivity index (χ1v) is 7.87. The number of hydrogen-bond donors (Lipinski definition) is 1. The monoisotopic (exact) mass is 278 g/mol. The van der Waals surface area contributed by atoms with Crippen molar-refractivity contribution < 1.29 is 4.39 Å². The molecule has 0 aromatic heterocycles. The molecule has 1 aliphatic heterocycles. The Morgan fingerprint density at radius 2 is 2.11 bits per heavy atom. The van der Waals surface area contributed by atoms with Crippen LogP contribution in [0, 0.1) is 18.2 Å². The van der Waals surface area contributed by atoms with Crippen LogP contribution in [0.25, 0.3) is 0 Å². The van der Waals surface area contributed by atoms with Gasteiger partial charge in [0.1, 0.15) is 5.82 Å². The van der Waals surface area contributed by atoms with E-state index < -0.39 is 0 Å². The van der Waals surface area contributed by atoms with Gasteiger partial charge in [0, 0.05) is 12.3 Å². The van der Waals surface area contributed by atoms with E-state index in [0.717, 1.165) is 23.0 Å². The second kappa shape index (κ2) is 5.16. The molecule has 4 heteroatoms. The molecule has 2 nitrogen and oxygen atoms in total. The number of halogens is 1. The van der Waals surface area contributed by atoms with E-state index in [1.807, 2.05) is 13.0 Å². The molecule has 3 rings (SSSR count). The number of anilines is 1. The predicted molar refractivity (Wildman–Crippen MR) is 80.4 cm³/mol. The third kappa shape index (κ3) is 2.64. The Hall–Kier alpha value is -1.03. The van der Waals surface area contributed by atoms with Gasteiger partial charge in [-0.15, -0.1) is 0 Å². The van der Waals surface area contributed by atoms with Crippen LogP contribution in [0.1, 0.15) is 31.2 Å². The second-order valence-corrected chi connectivity index (χ2v) is 6.64. The van der Waals surface area contributed by atoms with Gasteiger partial charge in [-0.05, 0) is 36.8 Å². The summed E-state index contributed by atoms with van der Waals surface area (Å²) < 4.78 is 13.8. The normalized spacial score (nSPS) is 21.5. The summed E-state index contributed by atoms with van der Waals surface area (Å²) in [5.41, 5.74) is 1.92. The molecule has 1 fully saturated rings. The van der Waals surface area contributed by atoms with Crippen molar-refractivity contribution in [3.63, 3.8) is 0 Å². The largest absolute Gasteiger partial charge is 0.332 e. The highest BCUT2D eigenvalue weighted by Crippen LogP contribution is 2.43. The number of nitrogens with one attached hydrogen (secondary N) is 1. The minimum Gasteiger partial charge on any atom is -0.332 e. The lowest BCUT2D eigenvalue weighted by Gasteiger charge is -2.31. The summed E-state index contributed by atoms with van der Waals surface area (Å²) in [6.07, 6.45) is 5.28. The van der Waals surface area contributed by atoms with E-state index in [0.29, 0.717) is 11.1 Å². The molecule has 1 N–H and O–H groups in total. The molecule has 0 atom stereocenters. The summed E-state index contributed by atoms with van der Waals surface area (Å²) in [7, 11) is 0. The Morgan fingerprint density at radius 3 is 2.74 bits per heavy atom. The van der Waals surface area contributed by atoms with Crippen molar-refractivity contribution in [1.82, 2.24) is 0 Å². The Morgan fingerprint density at radius 1 is 1.32 bits per heavy atom. The predicted octanol–water partition coefficient (Wildman–Crippen LogP) is 4.21. The van der Waals surface area contributed by atoms with Crippen molar-refractivity contribution in [2.24, 2.45) is 10.4 Å². The van der Waals surface area contributed by atoms with Crippen molar-refractivity contribution in [2.75, 3.05) is 17.6 Å². The summed E-state index contributed by atoms with van der Waals surface area (Å²) in [6.45, 7) is 2.81. The molecule has 102 valence electrons. The first kappa shape index (κ1) is 13.0. The molecule has 1 aromatic rings. The van der Waals surface area contributed by atoms with Crippen LogP contribution in [0.5, 0.6) is 0 Å². The number of amidine groups is 1. The molecule has 0 bridgehead atoms. The van der Waals surface area contributed by atoms with Crippen LogP contribution in [0.3, 0.4) is 0 Å². The van der Waals surface area contributed by atoms with Gasteiger partial charge in [-0.1, -0.05) is 36.7 Å². The Kier molecular flexibility index (Phi) is 3.52. The fourth-order valence-electron chi connectivity index (χ4n) is 2.95. The molecule has 0 radical (unpaired) electrons. The van der Waals surface area contributed by atoms with E-state index in [2.05, 4.69) is 10.3 Å².